The maximum atomic E-state index is 12.8. The number of likely N-dealkylation sites (tertiary alicyclic amines) is 1. The van der Waals surface area contributed by atoms with Crippen LogP contribution in [-0.4, -0.2) is 52.4 Å². The largest absolute Gasteiger partial charge is 0.477 e. The molecule has 0 aliphatic carbocycles. The first kappa shape index (κ1) is 18.5. The highest BCUT2D eigenvalue weighted by molar-refractivity contribution is 5.96. The van der Waals surface area contributed by atoms with Crippen LogP contribution < -0.4 is 4.74 Å². The van der Waals surface area contributed by atoms with Gasteiger partial charge in [0.15, 0.2) is 5.60 Å². The fourth-order valence-corrected chi connectivity index (χ4v) is 2.45. The number of piperidine rings is 1. The highest BCUT2D eigenvalue weighted by Gasteiger charge is 2.55. The summed E-state index contributed by atoms with van der Waals surface area (Å²) >= 11 is 0. The van der Waals surface area contributed by atoms with Crippen molar-refractivity contribution in [2.24, 2.45) is 5.92 Å². The summed E-state index contributed by atoms with van der Waals surface area (Å²) in [5, 5.41) is 9.68. The zero-order chi connectivity index (χ0) is 18.0. The quantitative estimate of drug-likeness (QED) is 0.910. The van der Waals surface area contributed by atoms with Crippen molar-refractivity contribution < 1.29 is 27.8 Å². The van der Waals surface area contributed by atoms with Crippen LogP contribution in [0.15, 0.2) is 18.3 Å². The summed E-state index contributed by atoms with van der Waals surface area (Å²) in [6, 6.07) is 3.11. The van der Waals surface area contributed by atoms with Gasteiger partial charge in [-0.2, -0.15) is 13.2 Å². The Labute approximate surface area is 138 Å². The molecule has 1 N–H and O–H groups in total. The molecule has 2 rings (SSSR count). The van der Waals surface area contributed by atoms with Gasteiger partial charge in [0.05, 0.1) is 6.61 Å². The third kappa shape index (κ3) is 3.98. The van der Waals surface area contributed by atoms with Crippen LogP contribution in [0, 0.1) is 5.92 Å². The molecular weight excluding hydrogens is 325 g/mol. The van der Waals surface area contributed by atoms with Crippen LogP contribution in [-0.2, 0) is 0 Å². The Bertz CT molecular complexity index is 582. The van der Waals surface area contributed by atoms with E-state index in [1.165, 1.54) is 17.2 Å². The molecule has 0 saturated carbocycles. The smallest absolute Gasteiger partial charge is 0.417 e. The van der Waals surface area contributed by atoms with E-state index in [0.29, 0.717) is 6.61 Å². The van der Waals surface area contributed by atoms with Crippen molar-refractivity contribution in [1.82, 2.24) is 9.88 Å². The van der Waals surface area contributed by atoms with Crippen molar-refractivity contribution in [1.29, 1.82) is 0 Å². The summed E-state index contributed by atoms with van der Waals surface area (Å²) in [5.41, 5.74) is -2.51. The van der Waals surface area contributed by atoms with E-state index in [2.05, 4.69) is 4.98 Å². The van der Waals surface area contributed by atoms with Gasteiger partial charge in [0.1, 0.15) is 5.56 Å². The maximum absolute atomic E-state index is 12.8. The Morgan fingerprint density at radius 3 is 2.58 bits per heavy atom. The van der Waals surface area contributed by atoms with Crippen LogP contribution >= 0.6 is 0 Å². The number of pyridine rings is 1. The molecule has 0 aromatic carbocycles. The van der Waals surface area contributed by atoms with Gasteiger partial charge in [0.25, 0.3) is 5.91 Å². The van der Waals surface area contributed by atoms with Crippen LogP contribution in [0.4, 0.5) is 13.2 Å². The Balaban J connectivity index is 2.09. The topological polar surface area (TPSA) is 62.7 Å². The Morgan fingerprint density at radius 1 is 1.42 bits per heavy atom. The highest BCUT2D eigenvalue weighted by atomic mass is 19.4. The van der Waals surface area contributed by atoms with Crippen molar-refractivity contribution in [3.63, 3.8) is 0 Å². The van der Waals surface area contributed by atoms with Crippen LogP contribution in [0.5, 0.6) is 5.88 Å². The molecule has 1 amide bonds. The average molecular weight is 346 g/mol. The van der Waals surface area contributed by atoms with E-state index in [0.717, 1.165) is 0 Å². The van der Waals surface area contributed by atoms with Crippen molar-refractivity contribution in [3.8, 4) is 5.88 Å². The molecule has 2 heterocycles. The second-order valence-electron chi connectivity index (χ2n) is 6.38. The van der Waals surface area contributed by atoms with Gasteiger partial charge in [-0.15, -0.1) is 0 Å². The van der Waals surface area contributed by atoms with E-state index in [1.807, 2.05) is 13.8 Å². The normalized spacial score (nSPS) is 17.9. The minimum absolute atomic E-state index is 0.173. The van der Waals surface area contributed by atoms with Gasteiger partial charge in [-0.1, -0.05) is 13.8 Å². The zero-order valence-electron chi connectivity index (χ0n) is 13.6. The summed E-state index contributed by atoms with van der Waals surface area (Å²) < 4.78 is 44.0. The second kappa shape index (κ2) is 6.96. The molecule has 8 heteroatoms. The Kier molecular flexibility index (Phi) is 5.37. The molecule has 1 aromatic heterocycles. The van der Waals surface area contributed by atoms with E-state index < -0.39 is 30.5 Å². The van der Waals surface area contributed by atoms with E-state index in [9.17, 15) is 23.1 Å². The van der Waals surface area contributed by atoms with Gasteiger partial charge < -0.3 is 14.7 Å². The summed E-state index contributed by atoms with van der Waals surface area (Å²) in [6.07, 6.45) is -4.28. The molecule has 1 saturated heterocycles. The summed E-state index contributed by atoms with van der Waals surface area (Å²) in [6.45, 7) is 3.94. The van der Waals surface area contributed by atoms with Crippen molar-refractivity contribution in [3.05, 3.63) is 23.9 Å². The first-order chi connectivity index (χ1) is 11.1. The molecule has 1 aromatic rings. The average Bonchev–Trinajstić information content (AvgIpc) is 2.52. The number of halogens is 3. The molecule has 0 spiro atoms. The fraction of sp³-hybridized carbons (Fsp3) is 0.625. The standard InChI is InChI=1S/C16H21F3N2O3/c1-11(2)10-24-13-12(4-3-7-20-13)14(22)21-8-5-15(23,6-9-21)16(17,18)19/h3-4,7,11,23H,5-6,8-10H2,1-2H3. The lowest BCUT2D eigenvalue weighted by molar-refractivity contribution is -0.271. The number of hydrogen-bond acceptors (Lipinski definition) is 4. The van der Waals surface area contributed by atoms with Gasteiger partial charge in [0, 0.05) is 32.1 Å². The van der Waals surface area contributed by atoms with Crippen molar-refractivity contribution >= 4 is 5.91 Å². The summed E-state index contributed by atoms with van der Waals surface area (Å²) in [7, 11) is 0. The van der Waals surface area contributed by atoms with Gasteiger partial charge in [-0.05, 0) is 18.1 Å². The number of rotatable bonds is 4. The Morgan fingerprint density at radius 2 is 2.04 bits per heavy atom. The molecule has 134 valence electrons. The number of carbonyl (C=O) groups excluding carboxylic acids is 1. The third-order valence-electron chi connectivity index (χ3n) is 3.96. The van der Waals surface area contributed by atoms with Crippen LogP contribution in [0.2, 0.25) is 0 Å². The molecule has 0 atom stereocenters. The number of amides is 1. The second-order valence-corrected chi connectivity index (χ2v) is 6.38. The lowest BCUT2D eigenvalue weighted by Gasteiger charge is -2.39. The summed E-state index contributed by atoms with van der Waals surface area (Å²) in [5.74, 6) is -0.0225. The van der Waals surface area contributed by atoms with E-state index in [4.69, 9.17) is 4.74 Å². The molecule has 1 aliphatic rings. The molecule has 24 heavy (non-hydrogen) atoms. The number of nitrogens with zero attached hydrogens (tertiary/aromatic N) is 2. The maximum Gasteiger partial charge on any atom is 0.417 e. The molecule has 1 aliphatic heterocycles. The third-order valence-corrected chi connectivity index (χ3v) is 3.96. The number of hydrogen-bond donors (Lipinski definition) is 1. The van der Waals surface area contributed by atoms with Crippen molar-refractivity contribution in [2.45, 2.75) is 38.5 Å². The van der Waals surface area contributed by atoms with E-state index >= 15 is 0 Å². The lowest BCUT2D eigenvalue weighted by Crippen LogP contribution is -2.54. The molecule has 0 radical (unpaired) electrons. The number of aromatic nitrogens is 1. The van der Waals surface area contributed by atoms with Gasteiger partial charge >= 0.3 is 6.18 Å². The van der Waals surface area contributed by atoms with E-state index in [-0.39, 0.29) is 30.5 Å². The van der Waals surface area contributed by atoms with Crippen LogP contribution in [0.25, 0.3) is 0 Å². The molecule has 0 bridgehead atoms. The molecule has 5 nitrogen and oxygen atoms in total. The number of carbonyl (C=O) groups is 1. The number of aliphatic hydroxyl groups is 1. The van der Waals surface area contributed by atoms with Gasteiger partial charge in [-0.25, -0.2) is 4.98 Å². The van der Waals surface area contributed by atoms with Crippen LogP contribution in [0.1, 0.15) is 37.0 Å². The van der Waals surface area contributed by atoms with Gasteiger partial charge in [-0.3, -0.25) is 4.79 Å². The number of ether oxygens (including phenoxy) is 1. The lowest BCUT2D eigenvalue weighted by atomic mass is 9.90. The minimum atomic E-state index is -4.69. The SMILES string of the molecule is CC(C)COc1ncccc1C(=O)N1CCC(O)(C(F)(F)F)CC1. The first-order valence-corrected chi connectivity index (χ1v) is 7.80. The monoisotopic (exact) mass is 346 g/mol. The summed E-state index contributed by atoms with van der Waals surface area (Å²) in [4.78, 5) is 17.9. The first-order valence-electron chi connectivity index (χ1n) is 7.80. The van der Waals surface area contributed by atoms with Gasteiger partial charge in [0.2, 0.25) is 5.88 Å². The highest BCUT2D eigenvalue weighted by Crippen LogP contribution is 2.38. The van der Waals surface area contributed by atoms with Crippen LogP contribution in [0.3, 0.4) is 0 Å². The predicted molar refractivity (Wildman–Crippen MR) is 80.7 cm³/mol. The van der Waals surface area contributed by atoms with E-state index in [1.54, 1.807) is 6.07 Å². The zero-order valence-corrected chi connectivity index (χ0v) is 13.6. The minimum Gasteiger partial charge on any atom is -0.477 e. The predicted octanol–water partition coefficient (Wildman–Crippen LogP) is 2.65. The number of alkyl halides is 3. The molecule has 0 unspecified atom stereocenters. The molecule has 1 fully saturated rings. The Hall–Kier alpha value is -1.83. The molecular formula is C16H21F3N2O3. The van der Waals surface area contributed by atoms with Crippen molar-refractivity contribution in [2.75, 3.05) is 19.7 Å². The fourth-order valence-electron chi connectivity index (χ4n) is 2.45.